The van der Waals surface area contributed by atoms with Gasteiger partial charge in [0, 0.05) is 24.6 Å². The van der Waals surface area contributed by atoms with Crippen LogP contribution >= 0.6 is 12.2 Å². The standard InChI is InChI=1S/C14H14FN3O2S/c1-7-12(20-8(2)18-7)14(19)17-6-10-4-3-9(13(16)21)5-11(10)15/h3-5H,6H2,1-2H3,(H2,16,21)(H,17,19). The van der Waals surface area contributed by atoms with Crippen LogP contribution in [0.1, 0.15) is 33.3 Å². The number of hydrogen-bond acceptors (Lipinski definition) is 4. The van der Waals surface area contributed by atoms with E-state index in [1.807, 2.05) is 0 Å². The van der Waals surface area contributed by atoms with Crippen molar-refractivity contribution in [2.24, 2.45) is 5.73 Å². The van der Waals surface area contributed by atoms with E-state index in [2.05, 4.69) is 10.3 Å². The van der Waals surface area contributed by atoms with E-state index >= 15 is 0 Å². The van der Waals surface area contributed by atoms with Crippen molar-refractivity contribution in [2.45, 2.75) is 20.4 Å². The number of hydrogen-bond donors (Lipinski definition) is 2. The Morgan fingerprint density at radius 2 is 2.19 bits per heavy atom. The van der Waals surface area contributed by atoms with Gasteiger partial charge in [0.25, 0.3) is 5.91 Å². The molecule has 0 unspecified atom stereocenters. The largest absolute Gasteiger partial charge is 0.436 e. The lowest BCUT2D eigenvalue weighted by atomic mass is 10.1. The number of aromatic nitrogens is 1. The van der Waals surface area contributed by atoms with E-state index in [1.54, 1.807) is 19.9 Å². The quantitative estimate of drug-likeness (QED) is 0.844. The molecule has 0 spiro atoms. The average molecular weight is 307 g/mol. The first-order valence-electron chi connectivity index (χ1n) is 6.19. The number of thiocarbonyl (C=S) groups is 1. The molecule has 1 aromatic carbocycles. The van der Waals surface area contributed by atoms with Crippen molar-refractivity contribution < 1.29 is 13.6 Å². The number of benzene rings is 1. The van der Waals surface area contributed by atoms with Crippen LogP contribution in [0.5, 0.6) is 0 Å². The molecule has 0 radical (unpaired) electrons. The smallest absolute Gasteiger partial charge is 0.289 e. The molecule has 21 heavy (non-hydrogen) atoms. The summed E-state index contributed by atoms with van der Waals surface area (Å²) in [6, 6.07) is 4.38. The maximum Gasteiger partial charge on any atom is 0.289 e. The van der Waals surface area contributed by atoms with Gasteiger partial charge in [-0.1, -0.05) is 24.4 Å². The van der Waals surface area contributed by atoms with E-state index in [0.29, 0.717) is 22.7 Å². The number of carbonyl (C=O) groups is 1. The van der Waals surface area contributed by atoms with Crippen LogP contribution < -0.4 is 11.1 Å². The van der Waals surface area contributed by atoms with Gasteiger partial charge in [-0.3, -0.25) is 4.79 Å². The fourth-order valence-corrected chi connectivity index (χ4v) is 1.97. The Bertz CT molecular complexity index is 712. The summed E-state index contributed by atoms with van der Waals surface area (Å²) in [5.41, 5.74) is 6.69. The van der Waals surface area contributed by atoms with Gasteiger partial charge in [-0.2, -0.15) is 0 Å². The summed E-state index contributed by atoms with van der Waals surface area (Å²) >= 11 is 4.77. The second-order valence-corrected chi connectivity index (χ2v) is 4.94. The number of oxazole rings is 1. The highest BCUT2D eigenvalue weighted by Gasteiger charge is 2.16. The number of halogens is 1. The van der Waals surface area contributed by atoms with E-state index in [9.17, 15) is 9.18 Å². The first-order chi connectivity index (χ1) is 9.88. The maximum atomic E-state index is 13.8. The van der Waals surface area contributed by atoms with E-state index in [1.165, 1.54) is 12.1 Å². The van der Waals surface area contributed by atoms with Crippen LogP contribution in [-0.4, -0.2) is 15.9 Å². The number of rotatable bonds is 4. The molecule has 0 aliphatic heterocycles. The first kappa shape index (κ1) is 15.1. The molecule has 0 bridgehead atoms. The van der Waals surface area contributed by atoms with Crippen LogP contribution in [0.3, 0.4) is 0 Å². The highest BCUT2D eigenvalue weighted by molar-refractivity contribution is 7.80. The van der Waals surface area contributed by atoms with Crippen molar-refractivity contribution in [2.75, 3.05) is 0 Å². The Hall–Kier alpha value is -2.28. The lowest BCUT2D eigenvalue weighted by Gasteiger charge is -2.07. The van der Waals surface area contributed by atoms with Crippen molar-refractivity contribution in [3.8, 4) is 0 Å². The third kappa shape index (κ3) is 3.43. The number of nitrogens with one attached hydrogen (secondary N) is 1. The van der Waals surface area contributed by atoms with Gasteiger partial charge in [0.05, 0.1) is 5.69 Å². The van der Waals surface area contributed by atoms with Gasteiger partial charge in [0.1, 0.15) is 10.8 Å². The van der Waals surface area contributed by atoms with Crippen LogP contribution in [0, 0.1) is 19.7 Å². The van der Waals surface area contributed by atoms with E-state index in [-0.39, 0.29) is 17.3 Å². The molecule has 5 nitrogen and oxygen atoms in total. The van der Waals surface area contributed by atoms with Gasteiger partial charge in [0.15, 0.2) is 5.89 Å². The summed E-state index contributed by atoms with van der Waals surface area (Å²) in [4.78, 5) is 16.1. The minimum atomic E-state index is -0.480. The molecule has 0 saturated carbocycles. The van der Waals surface area contributed by atoms with E-state index in [4.69, 9.17) is 22.4 Å². The zero-order valence-electron chi connectivity index (χ0n) is 11.6. The van der Waals surface area contributed by atoms with Crippen LogP contribution in [0.25, 0.3) is 0 Å². The summed E-state index contributed by atoms with van der Waals surface area (Å²) in [6.45, 7) is 3.35. The lowest BCUT2D eigenvalue weighted by Crippen LogP contribution is -2.23. The van der Waals surface area contributed by atoms with Gasteiger partial charge in [-0.05, 0) is 13.0 Å². The molecule has 110 valence electrons. The second-order valence-electron chi connectivity index (χ2n) is 4.50. The lowest BCUT2D eigenvalue weighted by molar-refractivity contribution is 0.0920. The van der Waals surface area contributed by atoms with Gasteiger partial charge >= 0.3 is 0 Å². The summed E-state index contributed by atoms with van der Waals surface area (Å²) in [5.74, 6) is -0.380. The van der Waals surface area contributed by atoms with Crippen LogP contribution in [0.15, 0.2) is 22.6 Å². The summed E-state index contributed by atoms with van der Waals surface area (Å²) in [5, 5.41) is 2.58. The Morgan fingerprint density at radius 1 is 1.48 bits per heavy atom. The molecule has 1 amide bonds. The number of nitrogens with zero attached hydrogens (tertiary/aromatic N) is 1. The molecule has 0 fully saturated rings. The van der Waals surface area contributed by atoms with Gasteiger partial charge in [0.2, 0.25) is 5.76 Å². The number of aryl methyl sites for hydroxylation is 2. The molecule has 2 aromatic rings. The number of nitrogens with two attached hydrogens (primary N) is 1. The molecule has 0 atom stereocenters. The average Bonchev–Trinajstić information content (AvgIpc) is 2.75. The SMILES string of the molecule is Cc1nc(C)c(C(=O)NCc2ccc(C(N)=S)cc2F)o1. The Labute approximate surface area is 126 Å². The van der Waals surface area contributed by atoms with Crippen molar-refractivity contribution >= 4 is 23.1 Å². The Morgan fingerprint density at radius 3 is 2.71 bits per heavy atom. The number of carbonyl (C=O) groups excluding carboxylic acids is 1. The normalized spacial score (nSPS) is 10.4. The molecule has 1 aromatic heterocycles. The third-order valence-corrected chi connectivity index (χ3v) is 3.12. The highest BCUT2D eigenvalue weighted by atomic mass is 32.1. The van der Waals surface area contributed by atoms with Crippen LogP contribution in [0.4, 0.5) is 4.39 Å². The van der Waals surface area contributed by atoms with Gasteiger partial charge in [-0.25, -0.2) is 9.37 Å². The molecule has 7 heteroatoms. The van der Waals surface area contributed by atoms with Crippen molar-refractivity contribution in [1.29, 1.82) is 0 Å². The van der Waals surface area contributed by atoms with Crippen molar-refractivity contribution in [3.05, 3.63) is 52.5 Å². The Kier molecular flexibility index (Phi) is 4.32. The van der Waals surface area contributed by atoms with Crippen molar-refractivity contribution in [1.82, 2.24) is 10.3 Å². The van der Waals surface area contributed by atoms with Crippen LogP contribution in [-0.2, 0) is 6.54 Å². The summed E-state index contributed by atoms with van der Waals surface area (Å²) in [7, 11) is 0. The minimum Gasteiger partial charge on any atom is -0.436 e. The fraction of sp³-hybridized carbons (Fsp3) is 0.214. The molecule has 2 rings (SSSR count). The molecule has 0 saturated heterocycles. The predicted molar refractivity (Wildman–Crippen MR) is 79.4 cm³/mol. The van der Waals surface area contributed by atoms with Gasteiger partial charge < -0.3 is 15.5 Å². The third-order valence-electron chi connectivity index (χ3n) is 2.89. The topological polar surface area (TPSA) is 81.2 Å². The first-order valence-corrected chi connectivity index (χ1v) is 6.59. The Balaban J connectivity index is 2.08. The van der Waals surface area contributed by atoms with Crippen LogP contribution in [0.2, 0.25) is 0 Å². The molecular weight excluding hydrogens is 293 g/mol. The molecule has 0 aliphatic rings. The molecule has 3 N–H and O–H groups in total. The molecule has 0 aliphatic carbocycles. The monoisotopic (exact) mass is 307 g/mol. The highest BCUT2D eigenvalue weighted by Crippen LogP contribution is 2.12. The number of amides is 1. The maximum absolute atomic E-state index is 13.8. The second kappa shape index (κ2) is 6.01. The fourth-order valence-electron chi connectivity index (χ4n) is 1.84. The molecular formula is C14H14FN3O2S. The van der Waals surface area contributed by atoms with E-state index in [0.717, 1.165) is 0 Å². The predicted octanol–water partition coefficient (Wildman–Crippen LogP) is 1.99. The van der Waals surface area contributed by atoms with E-state index < -0.39 is 11.7 Å². The van der Waals surface area contributed by atoms with Gasteiger partial charge in [-0.15, -0.1) is 0 Å². The molecule has 1 heterocycles. The zero-order chi connectivity index (χ0) is 15.6. The van der Waals surface area contributed by atoms with Crippen molar-refractivity contribution in [3.63, 3.8) is 0 Å². The summed E-state index contributed by atoms with van der Waals surface area (Å²) in [6.07, 6.45) is 0. The zero-order valence-corrected chi connectivity index (χ0v) is 12.4. The minimum absolute atomic E-state index is 0.0292. The summed E-state index contributed by atoms with van der Waals surface area (Å²) < 4.78 is 19.0.